The van der Waals surface area contributed by atoms with Crippen LogP contribution in [0.2, 0.25) is 5.02 Å². The van der Waals surface area contributed by atoms with Gasteiger partial charge in [0.05, 0.1) is 23.3 Å². The highest BCUT2D eigenvalue weighted by molar-refractivity contribution is 6.32. The number of benzene rings is 3. The van der Waals surface area contributed by atoms with Gasteiger partial charge in [-0.15, -0.1) is 0 Å². The normalized spacial score (nSPS) is 10.1. The minimum Gasteiger partial charge on any atom is -0.497 e. The zero-order valence-corrected chi connectivity index (χ0v) is 18.7. The summed E-state index contributed by atoms with van der Waals surface area (Å²) in [5.41, 5.74) is 0.570. The summed E-state index contributed by atoms with van der Waals surface area (Å²) in [5, 5.41) is 0.0879. The molecule has 0 fully saturated rings. The van der Waals surface area contributed by atoms with Crippen LogP contribution in [0.4, 0.5) is 0 Å². The standard InChI is InChI=1S/C25H19ClO8/c1-3-23(27)32-15-31-19-10-6-16(7-11-19)24(28)33-20-12-13-22(21(26)14-20)34-25(29)17-4-8-18(30-2)9-5-17/h3-14H,1,15H2,2H3. The number of halogens is 1. The molecule has 3 aromatic carbocycles. The van der Waals surface area contributed by atoms with E-state index in [1.54, 1.807) is 24.3 Å². The molecule has 0 heterocycles. The molecule has 0 unspecified atom stereocenters. The molecule has 0 saturated heterocycles. The maximum atomic E-state index is 12.4. The zero-order valence-electron chi connectivity index (χ0n) is 18.0. The molecular formula is C25H19ClO8. The second kappa shape index (κ2) is 11.5. The first kappa shape index (κ1) is 24.3. The minimum atomic E-state index is -0.635. The van der Waals surface area contributed by atoms with E-state index in [1.165, 1.54) is 49.6 Å². The van der Waals surface area contributed by atoms with Crippen LogP contribution >= 0.6 is 11.6 Å². The van der Waals surface area contributed by atoms with Gasteiger partial charge in [0.15, 0.2) is 0 Å². The molecule has 34 heavy (non-hydrogen) atoms. The fraction of sp³-hybridized carbons (Fsp3) is 0.0800. The minimum absolute atomic E-state index is 0.0879. The molecule has 0 aliphatic carbocycles. The first-order chi connectivity index (χ1) is 16.4. The molecule has 0 atom stereocenters. The number of hydrogen-bond donors (Lipinski definition) is 0. The van der Waals surface area contributed by atoms with Crippen LogP contribution in [-0.2, 0) is 9.53 Å². The van der Waals surface area contributed by atoms with Crippen LogP contribution in [-0.4, -0.2) is 31.8 Å². The van der Waals surface area contributed by atoms with Crippen molar-refractivity contribution < 1.29 is 38.1 Å². The topological polar surface area (TPSA) is 97.4 Å². The molecular weight excluding hydrogens is 464 g/mol. The Morgan fingerprint density at radius 1 is 0.824 bits per heavy atom. The van der Waals surface area contributed by atoms with Crippen molar-refractivity contribution >= 4 is 29.5 Å². The van der Waals surface area contributed by atoms with E-state index >= 15 is 0 Å². The van der Waals surface area contributed by atoms with Crippen molar-refractivity contribution in [3.8, 4) is 23.0 Å². The Morgan fingerprint density at radius 2 is 1.38 bits per heavy atom. The lowest BCUT2D eigenvalue weighted by Gasteiger charge is -2.10. The highest BCUT2D eigenvalue weighted by Gasteiger charge is 2.14. The number of ether oxygens (including phenoxy) is 5. The van der Waals surface area contributed by atoms with Gasteiger partial charge < -0.3 is 23.7 Å². The van der Waals surface area contributed by atoms with Gasteiger partial charge in [0.25, 0.3) is 0 Å². The fourth-order valence-corrected chi connectivity index (χ4v) is 2.79. The Hall–Kier alpha value is -4.30. The summed E-state index contributed by atoms with van der Waals surface area (Å²) < 4.78 is 25.6. The Labute approximate surface area is 200 Å². The molecule has 0 saturated carbocycles. The summed E-state index contributed by atoms with van der Waals surface area (Å²) in [6, 6.07) is 16.7. The van der Waals surface area contributed by atoms with E-state index in [4.69, 9.17) is 35.3 Å². The Kier molecular flexibility index (Phi) is 8.26. The van der Waals surface area contributed by atoms with Gasteiger partial charge in [-0.2, -0.15) is 0 Å². The Bertz CT molecular complexity index is 1190. The van der Waals surface area contributed by atoms with Crippen molar-refractivity contribution in [2.24, 2.45) is 0 Å². The molecule has 3 rings (SSSR count). The van der Waals surface area contributed by atoms with Gasteiger partial charge >= 0.3 is 17.9 Å². The fourth-order valence-electron chi connectivity index (χ4n) is 2.58. The number of esters is 3. The van der Waals surface area contributed by atoms with Crippen molar-refractivity contribution in [1.82, 2.24) is 0 Å². The van der Waals surface area contributed by atoms with Crippen LogP contribution in [0, 0.1) is 0 Å². The molecule has 0 radical (unpaired) electrons. The summed E-state index contributed by atoms with van der Waals surface area (Å²) in [6.45, 7) is 2.99. The van der Waals surface area contributed by atoms with Crippen LogP contribution in [0.1, 0.15) is 20.7 Å². The lowest BCUT2D eigenvalue weighted by molar-refractivity contribution is -0.144. The SMILES string of the molecule is C=CC(=O)OCOc1ccc(C(=O)Oc2ccc(OC(=O)c3ccc(OC)cc3)c(Cl)c2)cc1. The van der Waals surface area contributed by atoms with Gasteiger partial charge in [-0.05, 0) is 60.7 Å². The van der Waals surface area contributed by atoms with E-state index in [1.807, 2.05) is 0 Å². The highest BCUT2D eigenvalue weighted by atomic mass is 35.5. The summed E-state index contributed by atoms with van der Waals surface area (Å²) in [4.78, 5) is 35.7. The average Bonchev–Trinajstić information content (AvgIpc) is 2.86. The molecule has 174 valence electrons. The molecule has 0 aromatic heterocycles. The second-order valence-electron chi connectivity index (χ2n) is 6.55. The van der Waals surface area contributed by atoms with Gasteiger partial charge in [-0.3, -0.25) is 0 Å². The van der Waals surface area contributed by atoms with Crippen molar-refractivity contribution in [3.05, 3.63) is 95.5 Å². The molecule has 0 bridgehead atoms. The van der Waals surface area contributed by atoms with E-state index in [-0.39, 0.29) is 28.9 Å². The summed E-state index contributed by atoms with van der Waals surface area (Å²) in [5.74, 6) is -0.576. The Morgan fingerprint density at radius 3 is 1.94 bits per heavy atom. The lowest BCUT2D eigenvalue weighted by Crippen LogP contribution is -2.10. The van der Waals surface area contributed by atoms with Crippen molar-refractivity contribution in [1.29, 1.82) is 0 Å². The predicted molar refractivity (Wildman–Crippen MR) is 123 cm³/mol. The van der Waals surface area contributed by atoms with E-state index in [2.05, 4.69) is 6.58 Å². The van der Waals surface area contributed by atoms with Gasteiger partial charge in [-0.1, -0.05) is 18.2 Å². The van der Waals surface area contributed by atoms with Crippen molar-refractivity contribution in [2.75, 3.05) is 13.9 Å². The summed E-state index contributed by atoms with van der Waals surface area (Å²) >= 11 is 6.19. The predicted octanol–water partition coefficient (Wildman–Crippen LogP) is 4.85. The maximum absolute atomic E-state index is 12.4. The largest absolute Gasteiger partial charge is 0.497 e. The number of carbonyl (C=O) groups excluding carboxylic acids is 3. The van der Waals surface area contributed by atoms with Gasteiger partial charge in [0, 0.05) is 12.1 Å². The van der Waals surface area contributed by atoms with Gasteiger partial charge in [0.1, 0.15) is 23.0 Å². The molecule has 0 aliphatic heterocycles. The quantitative estimate of drug-likeness (QED) is 0.185. The van der Waals surface area contributed by atoms with Crippen molar-refractivity contribution in [3.63, 3.8) is 0 Å². The Balaban J connectivity index is 1.57. The number of rotatable bonds is 9. The molecule has 8 nitrogen and oxygen atoms in total. The van der Waals surface area contributed by atoms with E-state index in [0.29, 0.717) is 17.1 Å². The third-order valence-electron chi connectivity index (χ3n) is 4.33. The molecule has 0 spiro atoms. The van der Waals surface area contributed by atoms with E-state index < -0.39 is 17.9 Å². The molecule has 0 N–H and O–H groups in total. The van der Waals surface area contributed by atoms with Crippen LogP contribution in [0.3, 0.4) is 0 Å². The lowest BCUT2D eigenvalue weighted by atomic mass is 10.2. The number of carbonyl (C=O) groups is 3. The van der Waals surface area contributed by atoms with Crippen LogP contribution in [0.25, 0.3) is 0 Å². The van der Waals surface area contributed by atoms with E-state index in [9.17, 15) is 14.4 Å². The average molecular weight is 483 g/mol. The smallest absolute Gasteiger partial charge is 0.343 e. The molecule has 0 amide bonds. The third-order valence-corrected chi connectivity index (χ3v) is 4.62. The monoisotopic (exact) mass is 482 g/mol. The van der Waals surface area contributed by atoms with Gasteiger partial charge in [-0.25, -0.2) is 14.4 Å². The summed E-state index contributed by atoms with van der Waals surface area (Å²) in [6.07, 6.45) is 1.02. The maximum Gasteiger partial charge on any atom is 0.343 e. The first-order valence-corrected chi connectivity index (χ1v) is 10.2. The van der Waals surface area contributed by atoms with Gasteiger partial charge in [0.2, 0.25) is 6.79 Å². The molecule has 3 aromatic rings. The van der Waals surface area contributed by atoms with E-state index in [0.717, 1.165) is 6.08 Å². The zero-order chi connectivity index (χ0) is 24.5. The van der Waals surface area contributed by atoms with Crippen LogP contribution in [0.15, 0.2) is 79.4 Å². The van der Waals surface area contributed by atoms with Crippen molar-refractivity contribution in [2.45, 2.75) is 0 Å². The number of methoxy groups -OCH3 is 1. The molecule has 0 aliphatic rings. The van der Waals surface area contributed by atoms with Crippen LogP contribution < -0.4 is 18.9 Å². The third kappa shape index (κ3) is 6.60. The number of hydrogen-bond acceptors (Lipinski definition) is 8. The van der Waals surface area contributed by atoms with Crippen LogP contribution in [0.5, 0.6) is 23.0 Å². The first-order valence-electron chi connectivity index (χ1n) is 9.79. The summed E-state index contributed by atoms with van der Waals surface area (Å²) in [7, 11) is 1.53. The second-order valence-corrected chi connectivity index (χ2v) is 6.96. The highest BCUT2D eigenvalue weighted by Crippen LogP contribution is 2.30. The molecule has 9 heteroatoms.